The number of nitrogens with zero attached hydrogens (tertiary/aromatic N) is 1. The molecule has 0 aromatic carbocycles. The maximum Gasteiger partial charge on any atom is 0.281 e. The van der Waals surface area contributed by atoms with E-state index in [4.69, 9.17) is 0 Å². The molecule has 0 saturated carbocycles. The molecule has 0 saturated heterocycles. The summed E-state index contributed by atoms with van der Waals surface area (Å²) in [4.78, 5) is 13.7. The Bertz CT molecular complexity index is 303. The highest BCUT2D eigenvalue weighted by Crippen LogP contribution is 2.21. The van der Waals surface area contributed by atoms with E-state index in [0.717, 1.165) is 0 Å². The fraction of sp³-hybridized carbons (Fsp3) is 0.143. The first-order chi connectivity index (χ1) is 5.65. The van der Waals surface area contributed by atoms with Gasteiger partial charge in [0.15, 0.2) is 6.29 Å². The van der Waals surface area contributed by atoms with E-state index in [1.165, 1.54) is 12.1 Å². The number of alkyl halides is 2. The summed E-state index contributed by atoms with van der Waals surface area (Å²) in [5.74, 6) is 0. The van der Waals surface area contributed by atoms with Gasteiger partial charge in [-0.05, 0) is 28.1 Å². The molecule has 1 rings (SSSR count). The van der Waals surface area contributed by atoms with Crippen molar-refractivity contribution < 1.29 is 13.6 Å². The van der Waals surface area contributed by atoms with Gasteiger partial charge in [-0.2, -0.15) is 0 Å². The van der Waals surface area contributed by atoms with Gasteiger partial charge in [-0.1, -0.05) is 0 Å². The first kappa shape index (κ1) is 9.25. The minimum Gasteiger partial charge on any atom is -0.298 e. The van der Waals surface area contributed by atoms with Crippen LogP contribution in [0.15, 0.2) is 16.7 Å². The van der Waals surface area contributed by atoms with Crippen LogP contribution in [0.1, 0.15) is 22.5 Å². The zero-order valence-corrected chi connectivity index (χ0v) is 7.38. The molecule has 2 nitrogen and oxygen atoms in total. The SMILES string of the molecule is O=Cc1ccc(Br)nc1C(F)F. The summed E-state index contributed by atoms with van der Waals surface area (Å²) >= 11 is 2.93. The Morgan fingerprint density at radius 1 is 1.50 bits per heavy atom. The molecule has 0 bridgehead atoms. The summed E-state index contributed by atoms with van der Waals surface area (Å²) in [5.41, 5.74) is -0.562. The number of hydrogen-bond donors (Lipinski definition) is 0. The van der Waals surface area contributed by atoms with Crippen LogP contribution in [0.3, 0.4) is 0 Å². The van der Waals surface area contributed by atoms with Crippen molar-refractivity contribution in [3.05, 3.63) is 28.0 Å². The predicted octanol–water partition coefficient (Wildman–Crippen LogP) is 2.59. The molecule has 0 aliphatic carbocycles. The van der Waals surface area contributed by atoms with E-state index in [9.17, 15) is 13.6 Å². The second-order valence-electron chi connectivity index (χ2n) is 2.03. The first-order valence-electron chi connectivity index (χ1n) is 3.05. The van der Waals surface area contributed by atoms with Crippen LogP contribution in [-0.4, -0.2) is 11.3 Å². The van der Waals surface area contributed by atoms with Crippen LogP contribution in [0.4, 0.5) is 8.78 Å². The van der Waals surface area contributed by atoms with E-state index in [0.29, 0.717) is 10.9 Å². The van der Waals surface area contributed by atoms with Crippen LogP contribution < -0.4 is 0 Å². The fourth-order valence-electron chi connectivity index (χ4n) is 0.735. The monoisotopic (exact) mass is 235 g/mol. The number of halogens is 3. The van der Waals surface area contributed by atoms with Crippen LogP contribution in [0.5, 0.6) is 0 Å². The van der Waals surface area contributed by atoms with E-state index in [-0.39, 0.29) is 5.56 Å². The molecule has 1 heterocycles. The molecule has 1 aromatic rings. The van der Waals surface area contributed by atoms with Crippen molar-refractivity contribution in [1.82, 2.24) is 4.98 Å². The molecule has 0 amide bonds. The van der Waals surface area contributed by atoms with Crippen molar-refractivity contribution in [2.75, 3.05) is 0 Å². The average Bonchev–Trinajstić information content (AvgIpc) is 2.04. The molecule has 1 aromatic heterocycles. The molecular weight excluding hydrogens is 232 g/mol. The number of rotatable bonds is 2. The topological polar surface area (TPSA) is 30.0 Å². The summed E-state index contributed by atoms with van der Waals surface area (Å²) in [6, 6.07) is 2.74. The first-order valence-corrected chi connectivity index (χ1v) is 3.84. The summed E-state index contributed by atoms with van der Waals surface area (Å²) < 4.78 is 24.6. The Kier molecular flexibility index (Phi) is 2.86. The van der Waals surface area contributed by atoms with Crippen molar-refractivity contribution in [3.8, 4) is 0 Å². The highest BCUT2D eigenvalue weighted by molar-refractivity contribution is 9.10. The van der Waals surface area contributed by atoms with E-state index in [1.807, 2.05) is 0 Å². The Labute approximate surface area is 75.7 Å². The molecule has 64 valence electrons. The van der Waals surface area contributed by atoms with E-state index < -0.39 is 12.1 Å². The number of pyridine rings is 1. The van der Waals surface area contributed by atoms with Gasteiger partial charge in [-0.3, -0.25) is 4.79 Å². The standard InChI is InChI=1S/C7H4BrF2NO/c8-5-2-1-4(3-12)6(11-5)7(9)10/h1-3,7H. The normalized spacial score (nSPS) is 10.3. The summed E-state index contributed by atoms with van der Waals surface area (Å²) in [5, 5.41) is 0. The predicted molar refractivity (Wildman–Crippen MR) is 42.3 cm³/mol. The minimum atomic E-state index is -2.72. The number of aromatic nitrogens is 1. The lowest BCUT2D eigenvalue weighted by molar-refractivity contribution is 0.110. The van der Waals surface area contributed by atoms with E-state index >= 15 is 0 Å². The van der Waals surface area contributed by atoms with Gasteiger partial charge in [0.05, 0.1) is 0 Å². The van der Waals surface area contributed by atoms with Crippen LogP contribution in [0, 0.1) is 0 Å². The van der Waals surface area contributed by atoms with E-state index in [1.54, 1.807) is 0 Å². The molecule has 0 N–H and O–H groups in total. The highest BCUT2D eigenvalue weighted by Gasteiger charge is 2.14. The second-order valence-corrected chi connectivity index (χ2v) is 2.84. The smallest absolute Gasteiger partial charge is 0.281 e. The molecule has 0 unspecified atom stereocenters. The third-order valence-electron chi connectivity index (χ3n) is 1.26. The van der Waals surface area contributed by atoms with Gasteiger partial charge < -0.3 is 0 Å². The fourth-order valence-corrected chi connectivity index (χ4v) is 1.06. The average molecular weight is 236 g/mol. The van der Waals surface area contributed by atoms with Crippen LogP contribution >= 0.6 is 15.9 Å². The second kappa shape index (κ2) is 3.71. The highest BCUT2D eigenvalue weighted by atomic mass is 79.9. The van der Waals surface area contributed by atoms with Gasteiger partial charge in [0, 0.05) is 5.56 Å². The molecule has 0 spiro atoms. The molecule has 0 fully saturated rings. The van der Waals surface area contributed by atoms with Crippen molar-refractivity contribution in [2.24, 2.45) is 0 Å². The Hall–Kier alpha value is -0.840. The zero-order chi connectivity index (χ0) is 9.14. The molecule has 0 aliphatic rings. The molecule has 0 radical (unpaired) electrons. The maximum absolute atomic E-state index is 12.2. The lowest BCUT2D eigenvalue weighted by Crippen LogP contribution is -1.97. The number of carbonyl (C=O) groups is 1. The van der Waals surface area contributed by atoms with E-state index in [2.05, 4.69) is 20.9 Å². The third-order valence-corrected chi connectivity index (χ3v) is 1.70. The van der Waals surface area contributed by atoms with Gasteiger partial charge in [0.2, 0.25) is 0 Å². The van der Waals surface area contributed by atoms with Gasteiger partial charge >= 0.3 is 0 Å². The quantitative estimate of drug-likeness (QED) is 0.583. The molecule has 12 heavy (non-hydrogen) atoms. The number of aldehydes is 1. The summed E-state index contributed by atoms with van der Waals surface area (Å²) in [7, 11) is 0. The van der Waals surface area contributed by atoms with Gasteiger partial charge in [-0.25, -0.2) is 13.8 Å². The Balaban J connectivity index is 3.21. The van der Waals surface area contributed by atoms with Gasteiger partial charge in [-0.15, -0.1) is 0 Å². The van der Waals surface area contributed by atoms with Crippen LogP contribution in [0.25, 0.3) is 0 Å². The molecule has 0 atom stereocenters. The maximum atomic E-state index is 12.2. The molecule has 0 aliphatic heterocycles. The van der Waals surface area contributed by atoms with Crippen LogP contribution in [0.2, 0.25) is 0 Å². The largest absolute Gasteiger partial charge is 0.298 e. The Morgan fingerprint density at radius 2 is 2.17 bits per heavy atom. The number of hydrogen-bond acceptors (Lipinski definition) is 2. The third kappa shape index (κ3) is 1.85. The Morgan fingerprint density at radius 3 is 2.67 bits per heavy atom. The van der Waals surface area contributed by atoms with Crippen molar-refractivity contribution in [1.29, 1.82) is 0 Å². The van der Waals surface area contributed by atoms with Gasteiger partial charge in [0.1, 0.15) is 10.3 Å². The van der Waals surface area contributed by atoms with Crippen molar-refractivity contribution in [3.63, 3.8) is 0 Å². The van der Waals surface area contributed by atoms with Gasteiger partial charge in [0.25, 0.3) is 6.43 Å². The number of carbonyl (C=O) groups excluding carboxylic acids is 1. The van der Waals surface area contributed by atoms with Crippen molar-refractivity contribution >= 4 is 22.2 Å². The minimum absolute atomic E-state index is 0.0757. The molecular formula is C7H4BrF2NO. The summed E-state index contributed by atoms with van der Waals surface area (Å²) in [6.07, 6.45) is -2.36. The lowest BCUT2D eigenvalue weighted by atomic mass is 10.2. The lowest BCUT2D eigenvalue weighted by Gasteiger charge is -2.01. The zero-order valence-electron chi connectivity index (χ0n) is 5.80. The summed E-state index contributed by atoms with van der Waals surface area (Å²) in [6.45, 7) is 0. The molecule has 5 heteroatoms. The van der Waals surface area contributed by atoms with Crippen molar-refractivity contribution in [2.45, 2.75) is 6.43 Å². The van der Waals surface area contributed by atoms with Crippen LogP contribution in [-0.2, 0) is 0 Å².